The highest BCUT2D eigenvalue weighted by molar-refractivity contribution is 6.22. The van der Waals surface area contributed by atoms with Crippen LogP contribution in [0, 0.1) is 0 Å². The van der Waals surface area contributed by atoms with Crippen LogP contribution in [0.5, 0.6) is 11.5 Å². The van der Waals surface area contributed by atoms with Gasteiger partial charge in [-0.2, -0.15) is 0 Å². The molecule has 5 rings (SSSR count). The Balaban J connectivity index is 1.07. The van der Waals surface area contributed by atoms with Crippen molar-refractivity contribution in [2.45, 2.75) is 12.2 Å². The van der Waals surface area contributed by atoms with Gasteiger partial charge in [-0.1, -0.05) is 24.3 Å². The second-order valence-electron chi connectivity index (χ2n) is 8.93. The molecule has 2 aliphatic heterocycles. The second-order valence-corrected chi connectivity index (χ2v) is 8.93. The van der Waals surface area contributed by atoms with Gasteiger partial charge in [-0.3, -0.25) is 29.0 Å². The maximum absolute atomic E-state index is 12.4. The van der Waals surface area contributed by atoms with E-state index in [-0.39, 0.29) is 26.3 Å². The summed E-state index contributed by atoms with van der Waals surface area (Å²) in [4.78, 5) is 51.7. The zero-order valence-electron chi connectivity index (χ0n) is 20.1. The Bertz CT molecular complexity index is 1230. The van der Waals surface area contributed by atoms with Gasteiger partial charge < -0.3 is 19.7 Å². The summed E-state index contributed by atoms with van der Waals surface area (Å²) in [6, 6.07) is 19.4. The first-order chi connectivity index (χ1) is 18.3. The average Bonchev–Trinajstić information content (AvgIpc) is 3.32. The molecule has 0 saturated carbocycles. The molecule has 10 heteroatoms. The van der Waals surface area contributed by atoms with E-state index in [0.29, 0.717) is 33.8 Å². The number of β-amino-alcohol motifs (C(OH)–C–C–N with tert-alkyl or cyclic N) is 2. The minimum Gasteiger partial charge on any atom is -0.491 e. The van der Waals surface area contributed by atoms with Crippen LogP contribution in [-0.2, 0) is 0 Å². The zero-order valence-corrected chi connectivity index (χ0v) is 20.1. The van der Waals surface area contributed by atoms with Crippen molar-refractivity contribution in [2.24, 2.45) is 0 Å². The molecule has 0 unspecified atom stereocenters. The number of imide groups is 2. The Morgan fingerprint density at radius 1 is 0.526 bits per heavy atom. The van der Waals surface area contributed by atoms with Crippen LogP contribution in [0.1, 0.15) is 41.4 Å². The lowest BCUT2D eigenvalue weighted by molar-refractivity contribution is 0.0445. The molecule has 0 saturated heterocycles. The standard InChI is InChI=1S/C28H24N2O8/c31-17(13-29-25(33)21-5-1-2-6-22(21)26(29)34)15-37-19-9-11-20(12-10-19)38-16-18(32)14-30-27(35)23-7-3-4-8-24(23)28(30)36/h1-12,17-18,31-32H,13-16H2/t17-,18+. The SMILES string of the molecule is O=C1c2ccccc2C(=O)N1C[C@H](O)COc1ccc(OC[C@H](O)CN2C(=O)c3ccccc3C2=O)cc1. The summed E-state index contributed by atoms with van der Waals surface area (Å²) in [5.41, 5.74) is 1.26. The van der Waals surface area contributed by atoms with E-state index < -0.39 is 35.8 Å². The van der Waals surface area contributed by atoms with Crippen LogP contribution in [0.4, 0.5) is 0 Å². The quantitative estimate of drug-likeness (QED) is 0.390. The maximum Gasteiger partial charge on any atom is 0.261 e. The molecule has 2 heterocycles. The van der Waals surface area contributed by atoms with Crippen molar-refractivity contribution >= 4 is 23.6 Å². The van der Waals surface area contributed by atoms with Crippen molar-refractivity contribution in [1.82, 2.24) is 9.80 Å². The molecule has 0 aliphatic carbocycles. The number of hydrogen-bond acceptors (Lipinski definition) is 8. The molecule has 0 spiro atoms. The third-order valence-electron chi connectivity index (χ3n) is 6.25. The lowest BCUT2D eigenvalue weighted by Crippen LogP contribution is -2.39. The van der Waals surface area contributed by atoms with E-state index in [1.54, 1.807) is 72.8 Å². The molecule has 3 aromatic rings. The fourth-order valence-electron chi connectivity index (χ4n) is 4.35. The highest BCUT2D eigenvalue weighted by Gasteiger charge is 2.37. The van der Waals surface area contributed by atoms with Gasteiger partial charge in [0.1, 0.15) is 36.9 Å². The number of ether oxygens (including phenoxy) is 2. The van der Waals surface area contributed by atoms with Gasteiger partial charge in [-0.15, -0.1) is 0 Å². The molecule has 2 atom stereocenters. The van der Waals surface area contributed by atoms with Crippen LogP contribution in [0.25, 0.3) is 0 Å². The van der Waals surface area contributed by atoms with Gasteiger partial charge in [-0.25, -0.2) is 0 Å². The van der Waals surface area contributed by atoms with Crippen molar-refractivity contribution in [3.63, 3.8) is 0 Å². The molecule has 4 amide bonds. The summed E-state index contributed by atoms with van der Waals surface area (Å²) in [7, 11) is 0. The van der Waals surface area contributed by atoms with Crippen LogP contribution in [0.3, 0.4) is 0 Å². The van der Waals surface area contributed by atoms with Gasteiger partial charge in [0.2, 0.25) is 0 Å². The van der Waals surface area contributed by atoms with E-state index >= 15 is 0 Å². The van der Waals surface area contributed by atoms with E-state index in [0.717, 1.165) is 9.80 Å². The smallest absolute Gasteiger partial charge is 0.261 e. The molecular formula is C28H24N2O8. The lowest BCUT2D eigenvalue weighted by atomic mass is 10.1. The first-order valence-electron chi connectivity index (χ1n) is 12.0. The number of carbonyl (C=O) groups is 4. The minimum atomic E-state index is -1.09. The summed E-state index contributed by atoms with van der Waals surface area (Å²) in [6.45, 7) is -0.684. The van der Waals surface area contributed by atoms with Crippen LogP contribution in [-0.4, -0.2) is 82.2 Å². The van der Waals surface area contributed by atoms with Gasteiger partial charge in [0.05, 0.1) is 35.3 Å². The predicted molar refractivity (Wildman–Crippen MR) is 133 cm³/mol. The van der Waals surface area contributed by atoms with Gasteiger partial charge in [0, 0.05) is 0 Å². The van der Waals surface area contributed by atoms with Crippen molar-refractivity contribution in [3.05, 3.63) is 95.1 Å². The van der Waals surface area contributed by atoms with E-state index in [9.17, 15) is 29.4 Å². The van der Waals surface area contributed by atoms with E-state index in [1.165, 1.54) is 0 Å². The predicted octanol–water partition coefficient (Wildman–Crippen LogP) is 1.76. The summed E-state index contributed by atoms with van der Waals surface area (Å²) in [6.07, 6.45) is -2.18. The highest BCUT2D eigenvalue weighted by atomic mass is 16.5. The van der Waals surface area contributed by atoms with Crippen molar-refractivity contribution in [1.29, 1.82) is 0 Å². The Labute approximate surface area is 217 Å². The minimum absolute atomic E-state index is 0.146. The first kappa shape index (κ1) is 25.1. The van der Waals surface area contributed by atoms with Gasteiger partial charge in [0.15, 0.2) is 0 Å². The van der Waals surface area contributed by atoms with Gasteiger partial charge >= 0.3 is 0 Å². The van der Waals surface area contributed by atoms with Crippen LogP contribution in [0.15, 0.2) is 72.8 Å². The third-order valence-corrected chi connectivity index (χ3v) is 6.25. The summed E-state index contributed by atoms with van der Waals surface area (Å²) in [5.74, 6) is -0.948. The summed E-state index contributed by atoms with van der Waals surface area (Å²) >= 11 is 0. The number of benzene rings is 3. The monoisotopic (exact) mass is 516 g/mol. The highest BCUT2D eigenvalue weighted by Crippen LogP contribution is 2.24. The fraction of sp³-hybridized carbons (Fsp3) is 0.214. The molecule has 0 aromatic heterocycles. The number of aliphatic hydroxyl groups is 2. The zero-order chi connectivity index (χ0) is 26.8. The Kier molecular flexibility index (Phi) is 6.91. The number of nitrogens with zero attached hydrogens (tertiary/aromatic N) is 2. The normalized spacial score (nSPS) is 15.9. The lowest BCUT2D eigenvalue weighted by Gasteiger charge is -2.19. The van der Waals surface area contributed by atoms with Crippen molar-refractivity contribution < 1.29 is 38.9 Å². The largest absolute Gasteiger partial charge is 0.491 e. The van der Waals surface area contributed by atoms with Gasteiger partial charge in [-0.05, 0) is 48.5 Å². The number of fused-ring (bicyclic) bond motifs is 2. The second kappa shape index (κ2) is 10.4. The number of carbonyl (C=O) groups excluding carboxylic acids is 4. The number of hydrogen-bond donors (Lipinski definition) is 2. The first-order valence-corrected chi connectivity index (χ1v) is 12.0. The van der Waals surface area contributed by atoms with Crippen LogP contribution >= 0.6 is 0 Å². The van der Waals surface area contributed by atoms with Crippen LogP contribution < -0.4 is 9.47 Å². The molecule has 0 fully saturated rings. The van der Waals surface area contributed by atoms with Crippen LogP contribution in [0.2, 0.25) is 0 Å². The van der Waals surface area contributed by atoms with Crippen molar-refractivity contribution in [2.75, 3.05) is 26.3 Å². The molecular weight excluding hydrogens is 492 g/mol. The number of rotatable bonds is 10. The molecule has 194 valence electrons. The Hall–Kier alpha value is -4.54. The number of amides is 4. The topological polar surface area (TPSA) is 134 Å². The molecule has 38 heavy (non-hydrogen) atoms. The molecule has 0 radical (unpaired) electrons. The van der Waals surface area contributed by atoms with E-state index in [4.69, 9.17) is 9.47 Å². The summed E-state index contributed by atoms with van der Waals surface area (Å²) in [5, 5.41) is 20.6. The van der Waals surface area contributed by atoms with Crippen molar-refractivity contribution in [3.8, 4) is 11.5 Å². The maximum atomic E-state index is 12.4. The Morgan fingerprint density at radius 3 is 1.11 bits per heavy atom. The Morgan fingerprint density at radius 2 is 0.816 bits per heavy atom. The van der Waals surface area contributed by atoms with Gasteiger partial charge in [0.25, 0.3) is 23.6 Å². The summed E-state index contributed by atoms with van der Waals surface area (Å²) < 4.78 is 11.1. The molecule has 10 nitrogen and oxygen atoms in total. The van der Waals surface area contributed by atoms with E-state index in [2.05, 4.69) is 0 Å². The average molecular weight is 517 g/mol. The molecule has 2 aliphatic rings. The molecule has 0 bridgehead atoms. The molecule has 3 aromatic carbocycles. The molecule has 2 N–H and O–H groups in total. The third kappa shape index (κ3) is 4.86. The van der Waals surface area contributed by atoms with E-state index in [1.807, 2.05) is 0 Å². The fourth-order valence-corrected chi connectivity index (χ4v) is 4.35. The number of aliphatic hydroxyl groups excluding tert-OH is 2.